The van der Waals surface area contributed by atoms with E-state index >= 15 is 0 Å². The molecule has 0 spiro atoms. The number of hydrogen-bond acceptors (Lipinski definition) is 1. The van der Waals surface area contributed by atoms with Gasteiger partial charge >= 0.3 is 12.4 Å². The Balaban J connectivity index is 4.21. The van der Waals surface area contributed by atoms with Crippen LogP contribution in [0.1, 0.15) is 12.8 Å². The van der Waals surface area contributed by atoms with Gasteiger partial charge in [0, 0.05) is 0 Å². The van der Waals surface area contributed by atoms with E-state index in [1.54, 1.807) is 0 Å². The van der Waals surface area contributed by atoms with Crippen molar-refractivity contribution >= 4 is 0 Å². The first kappa shape index (κ1) is 18.3. The van der Waals surface area contributed by atoms with Crippen molar-refractivity contribution in [3.63, 3.8) is 0 Å². The van der Waals surface area contributed by atoms with Crippen molar-refractivity contribution in [2.45, 2.75) is 37.0 Å². The van der Waals surface area contributed by atoms with Crippen LogP contribution >= 0.6 is 0 Å². The predicted molar refractivity (Wildman–Crippen MR) is 42.1 cm³/mol. The zero-order valence-electron chi connectivity index (χ0n) is 9.02. The third-order valence-electron chi connectivity index (χ3n) is 1.54. The van der Waals surface area contributed by atoms with Crippen molar-refractivity contribution in [2.24, 2.45) is 0 Å². The molecular formula is C8H8F10O. The maximum Gasteiger partial charge on any atom is 0.394 e. The Kier molecular flexibility index (Phi) is 5.49. The second-order valence-corrected chi connectivity index (χ2v) is 3.79. The van der Waals surface area contributed by atoms with Gasteiger partial charge in [-0.2, -0.15) is 26.3 Å². The van der Waals surface area contributed by atoms with E-state index in [0.717, 1.165) is 0 Å². The smallest absolute Gasteiger partial charge is 0.369 e. The van der Waals surface area contributed by atoms with E-state index in [9.17, 15) is 43.9 Å². The summed E-state index contributed by atoms with van der Waals surface area (Å²) in [6, 6.07) is 0. The Hall–Kier alpha value is -0.740. The SMILES string of the molecule is FC(F)(F)CC(F)(F)COCC(F)(F)CC(F)(F)F. The summed E-state index contributed by atoms with van der Waals surface area (Å²) in [6.07, 6.45) is -15.7. The molecule has 0 aromatic carbocycles. The topological polar surface area (TPSA) is 9.23 Å². The molecule has 0 radical (unpaired) electrons. The van der Waals surface area contributed by atoms with Crippen LogP contribution in [0.15, 0.2) is 0 Å². The lowest BCUT2D eigenvalue weighted by Gasteiger charge is -2.21. The van der Waals surface area contributed by atoms with Crippen molar-refractivity contribution in [1.82, 2.24) is 0 Å². The van der Waals surface area contributed by atoms with Crippen LogP contribution in [0, 0.1) is 0 Å². The van der Waals surface area contributed by atoms with E-state index < -0.39 is 50.3 Å². The monoisotopic (exact) mass is 310 g/mol. The maximum absolute atomic E-state index is 12.5. The second kappa shape index (κ2) is 5.71. The van der Waals surface area contributed by atoms with E-state index in [-0.39, 0.29) is 0 Å². The fourth-order valence-electron chi connectivity index (χ4n) is 1.04. The first-order chi connectivity index (χ1) is 8.12. The summed E-state index contributed by atoms with van der Waals surface area (Å²) in [5, 5.41) is 0. The summed E-state index contributed by atoms with van der Waals surface area (Å²) in [4.78, 5) is 0. The third kappa shape index (κ3) is 10.8. The van der Waals surface area contributed by atoms with Crippen LogP contribution < -0.4 is 0 Å². The highest BCUT2D eigenvalue weighted by Gasteiger charge is 2.46. The van der Waals surface area contributed by atoms with Crippen LogP contribution in [0.3, 0.4) is 0 Å². The summed E-state index contributed by atoms with van der Waals surface area (Å²) in [7, 11) is 0. The van der Waals surface area contributed by atoms with Gasteiger partial charge in [-0.3, -0.25) is 0 Å². The highest BCUT2D eigenvalue weighted by atomic mass is 19.4. The van der Waals surface area contributed by atoms with Gasteiger partial charge in [0.25, 0.3) is 11.8 Å². The normalized spacial score (nSPS) is 14.8. The number of rotatable bonds is 6. The molecule has 0 aliphatic heterocycles. The molecule has 1 nitrogen and oxygen atoms in total. The van der Waals surface area contributed by atoms with Crippen LogP contribution in [0.25, 0.3) is 0 Å². The van der Waals surface area contributed by atoms with Gasteiger partial charge in [-0.25, -0.2) is 17.6 Å². The molecule has 0 N–H and O–H groups in total. The van der Waals surface area contributed by atoms with Gasteiger partial charge in [-0.05, 0) is 0 Å². The highest BCUT2D eigenvalue weighted by Crippen LogP contribution is 2.34. The lowest BCUT2D eigenvalue weighted by Crippen LogP contribution is -2.35. The van der Waals surface area contributed by atoms with E-state index in [4.69, 9.17) is 0 Å². The van der Waals surface area contributed by atoms with E-state index in [1.807, 2.05) is 0 Å². The molecule has 0 saturated carbocycles. The molecule has 0 rings (SSSR count). The second-order valence-electron chi connectivity index (χ2n) is 3.79. The summed E-state index contributed by atoms with van der Waals surface area (Å²) in [5.74, 6) is -8.96. The minimum atomic E-state index is -5.25. The van der Waals surface area contributed by atoms with E-state index in [1.165, 1.54) is 0 Å². The van der Waals surface area contributed by atoms with Gasteiger partial charge in [0.1, 0.15) is 26.1 Å². The molecule has 0 aliphatic rings. The fraction of sp³-hybridized carbons (Fsp3) is 1.00. The minimum Gasteiger partial charge on any atom is -0.369 e. The number of halogens is 10. The van der Waals surface area contributed by atoms with Crippen LogP contribution in [-0.4, -0.2) is 37.4 Å². The molecule has 0 aromatic heterocycles. The Morgan fingerprint density at radius 3 is 1.00 bits per heavy atom. The van der Waals surface area contributed by atoms with Gasteiger partial charge in [0.05, 0.1) is 0 Å². The van der Waals surface area contributed by atoms with Crippen LogP contribution in [0.4, 0.5) is 43.9 Å². The van der Waals surface area contributed by atoms with Crippen molar-refractivity contribution in [3.8, 4) is 0 Å². The van der Waals surface area contributed by atoms with Crippen molar-refractivity contribution in [3.05, 3.63) is 0 Å². The molecule has 0 aliphatic carbocycles. The molecule has 0 saturated heterocycles. The van der Waals surface area contributed by atoms with Crippen LogP contribution in [0.5, 0.6) is 0 Å². The Morgan fingerprint density at radius 1 is 0.526 bits per heavy atom. The van der Waals surface area contributed by atoms with Gasteiger partial charge in [-0.15, -0.1) is 0 Å². The Labute approximate surface area is 100 Å². The Bertz CT molecular complexity index is 250. The first-order valence-electron chi connectivity index (χ1n) is 4.59. The Morgan fingerprint density at radius 2 is 0.789 bits per heavy atom. The van der Waals surface area contributed by atoms with Gasteiger partial charge in [0.15, 0.2) is 0 Å². The lowest BCUT2D eigenvalue weighted by atomic mass is 10.2. The molecule has 0 aromatic rings. The molecule has 0 bridgehead atoms. The van der Waals surface area contributed by atoms with Gasteiger partial charge < -0.3 is 4.74 Å². The number of alkyl halides is 10. The minimum absolute atomic E-state index is 2.04. The first-order valence-corrected chi connectivity index (χ1v) is 4.59. The molecule has 0 unspecified atom stereocenters. The average molecular weight is 310 g/mol. The molecule has 116 valence electrons. The summed E-state index contributed by atoms with van der Waals surface area (Å²) in [6.45, 7) is -4.08. The zero-order chi connectivity index (χ0) is 15.5. The van der Waals surface area contributed by atoms with Crippen molar-refractivity contribution in [2.75, 3.05) is 13.2 Å². The molecule has 0 heterocycles. The summed E-state index contributed by atoms with van der Waals surface area (Å²) >= 11 is 0. The van der Waals surface area contributed by atoms with Crippen LogP contribution in [-0.2, 0) is 4.74 Å². The van der Waals surface area contributed by atoms with Gasteiger partial charge in [0.2, 0.25) is 0 Å². The molecule has 11 heteroatoms. The molecule has 0 fully saturated rings. The van der Waals surface area contributed by atoms with Crippen molar-refractivity contribution in [1.29, 1.82) is 0 Å². The third-order valence-corrected chi connectivity index (χ3v) is 1.54. The molecule has 0 atom stereocenters. The average Bonchev–Trinajstić information content (AvgIpc) is 1.90. The van der Waals surface area contributed by atoms with E-state index in [2.05, 4.69) is 4.74 Å². The van der Waals surface area contributed by atoms with Gasteiger partial charge in [-0.1, -0.05) is 0 Å². The standard InChI is InChI=1S/C8H8F10O/c9-5(10,1-7(13,14)15)3-19-4-6(11,12)2-8(16,17)18/h1-4H2. The maximum atomic E-state index is 12.5. The fourth-order valence-corrected chi connectivity index (χ4v) is 1.04. The quantitative estimate of drug-likeness (QED) is 0.669. The van der Waals surface area contributed by atoms with Crippen LogP contribution in [0.2, 0.25) is 0 Å². The van der Waals surface area contributed by atoms with Crippen molar-refractivity contribution < 1.29 is 48.6 Å². The zero-order valence-corrected chi connectivity index (χ0v) is 9.02. The highest BCUT2D eigenvalue weighted by molar-refractivity contribution is 4.73. The molecular weight excluding hydrogens is 302 g/mol. The molecule has 0 amide bonds. The summed E-state index contributed by atoms with van der Waals surface area (Å²) < 4.78 is 123. The van der Waals surface area contributed by atoms with E-state index in [0.29, 0.717) is 0 Å². The number of ether oxygens (including phenoxy) is 1. The predicted octanol–water partition coefficient (Wildman–Crippen LogP) is 4.18. The molecule has 19 heavy (non-hydrogen) atoms. The number of hydrogen-bond donors (Lipinski definition) is 0. The largest absolute Gasteiger partial charge is 0.394 e. The summed E-state index contributed by atoms with van der Waals surface area (Å²) in [5.41, 5.74) is 0. The lowest BCUT2D eigenvalue weighted by molar-refractivity contribution is -0.221.